The summed E-state index contributed by atoms with van der Waals surface area (Å²) in [7, 11) is 0. The molecule has 0 fully saturated rings. The summed E-state index contributed by atoms with van der Waals surface area (Å²) < 4.78 is 7.34. The number of carbonyl (C=O) groups is 1. The van der Waals surface area contributed by atoms with Gasteiger partial charge in [0.15, 0.2) is 0 Å². The van der Waals surface area contributed by atoms with Crippen LogP contribution in [0.5, 0.6) is 0 Å². The molecule has 0 unspecified atom stereocenters. The molecule has 198 valence electrons. The molecule has 6 aromatic carbocycles. The van der Waals surface area contributed by atoms with Crippen LogP contribution >= 0.6 is 0 Å². The molecule has 0 bridgehead atoms. The number of hydrogen-bond acceptors (Lipinski definition) is 1. The van der Waals surface area contributed by atoms with E-state index in [0.29, 0.717) is 0 Å². The second-order valence-electron chi connectivity index (χ2n) is 9.61. The van der Waals surface area contributed by atoms with Gasteiger partial charge in [-0.3, -0.25) is 0 Å². The van der Waals surface area contributed by atoms with E-state index in [1.807, 2.05) is 30.3 Å². The van der Waals surface area contributed by atoms with Crippen molar-refractivity contribution in [3.8, 4) is 0 Å². The van der Waals surface area contributed by atoms with Gasteiger partial charge in [-0.15, -0.1) is 0 Å². The third-order valence-electron chi connectivity index (χ3n) is 7.12. The Morgan fingerprint density at radius 2 is 0.683 bits per heavy atom. The third kappa shape index (κ3) is 5.35. The van der Waals surface area contributed by atoms with Crippen molar-refractivity contribution in [2.75, 3.05) is 0 Å². The number of hydrogen-bond donors (Lipinski definition) is 0. The Balaban J connectivity index is 1.90. The molecule has 3 heteroatoms. The summed E-state index contributed by atoms with van der Waals surface area (Å²) in [5.41, 5.74) is 0.747. The van der Waals surface area contributed by atoms with E-state index in [-0.39, 0.29) is 5.78 Å². The predicted octanol–water partition coefficient (Wildman–Crippen LogP) is 4.64. The van der Waals surface area contributed by atoms with Crippen LogP contribution in [-0.2, 0) is 0 Å². The molecular weight excluding hydrogens is 626 g/mol. The number of rotatable bonds is 8. The molecule has 0 saturated carbocycles. The first kappa shape index (κ1) is 27.1. The van der Waals surface area contributed by atoms with Crippen LogP contribution < -0.4 is 22.0 Å². The first-order valence-electron chi connectivity index (χ1n) is 13.7. The van der Waals surface area contributed by atoms with Crippen LogP contribution in [-0.4, -0.2) is 36.0 Å². The molecular formula is C38H30AsOSe+. The molecule has 6 aromatic rings. The first-order valence-corrected chi connectivity index (χ1v) is 20.0. The average Bonchev–Trinajstić information content (AvgIpc) is 3.07. The van der Waals surface area contributed by atoms with Gasteiger partial charge >= 0.3 is 250 Å². The Kier molecular flexibility index (Phi) is 8.35. The molecule has 0 aliphatic rings. The Bertz CT molecular complexity index is 1630. The summed E-state index contributed by atoms with van der Waals surface area (Å²) in [4.78, 5) is 15.3. The molecule has 0 amide bonds. The topological polar surface area (TPSA) is 17.1 Å². The van der Waals surface area contributed by atoms with Crippen molar-refractivity contribution in [3.63, 3.8) is 0 Å². The van der Waals surface area contributed by atoms with Crippen molar-refractivity contribution in [2.24, 2.45) is 0 Å². The SMILES string of the molecule is O=C(C([Se+](c1ccccc1)c1ccccc1)=[As](c1ccccc1)(c1ccccc1)c1ccccc1)c1ccccc1. The van der Waals surface area contributed by atoms with Gasteiger partial charge in [-0.25, -0.2) is 0 Å². The van der Waals surface area contributed by atoms with Crippen molar-refractivity contribution in [1.82, 2.24) is 0 Å². The van der Waals surface area contributed by atoms with E-state index in [0.717, 1.165) is 8.77 Å². The molecule has 41 heavy (non-hydrogen) atoms. The summed E-state index contributed by atoms with van der Waals surface area (Å²) in [5.74, 6) is 0.160. The quantitative estimate of drug-likeness (QED) is 0.173. The van der Waals surface area contributed by atoms with E-state index in [2.05, 4.69) is 152 Å². The van der Waals surface area contributed by atoms with Crippen molar-refractivity contribution in [2.45, 2.75) is 0 Å². The van der Waals surface area contributed by atoms with Gasteiger partial charge in [0.05, 0.1) is 0 Å². The Labute approximate surface area is 249 Å². The second-order valence-corrected chi connectivity index (χ2v) is 22.2. The summed E-state index contributed by atoms with van der Waals surface area (Å²) in [6.07, 6.45) is 0. The van der Waals surface area contributed by atoms with Gasteiger partial charge in [0, 0.05) is 0 Å². The van der Waals surface area contributed by atoms with Crippen LogP contribution in [0, 0.1) is 0 Å². The van der Waals surface area contributed by atoms with Crippen molar-refractivity contribution < 1.29 is 4.79 Å². The summed E-state index contributed by atoms with van der Waals surface area (Å²) in [5, 5.41) is 0. The zero-order valence-electron chi connectivity index (χ0n) is 22.6. The van der Waals surface area contributed by atoms with Gasteiger partial charge in [-0.2, -0.15) is 0 Å². The minimum atomic E-state index is -3.65. The van der Waals surface area contributed by atoms with Crippen molar-refractivity contribution in [1.29, 1.82) is 0 Å². The average molecular weight is 657 g/mol. The standard InChI is InChI=1S/C38H30AsOSe/c40-37(31-19-7-1-8-20-31)38(41(35-27-15-5-16-28-35)36-29-17-6-18-30-36)39(32-21-9-2-10-22-32,33-23-11-3-12-24-33)34-25-13-4-14-26-34/h1-30H/q+1. The zero-order valence-corrected chi connectivity index (χ0v) is 26.2. The van der Waals surface area contributed by atoms with Crippen LogP contribution in [0.4, 0.5) is 0 Å². The normalized spacial score (nSPS) is 11.2. The molecule has 1 nitrogen and oxygen atoms in total. The third-order valence-corrected chi connectivity index (χ3v) is 24.9. The number of Topliss-reactive ketones (excluding diaryl/α,β-unsaturated/α-hetero) is 1. The molecule has 0 radical (unpaired) electrons. The summed E-state index contributed by atoms with van der Waals surface area (Å²) >= 11 is -5.73. The predicted molar refractivity (Wildman–Crippen MR) is 178 cm³/mol. The maximum atomic E-state index is 15.3. The van der Waals surface area contributed by atoms with Crippen LogP contribution in [0.3, 0.4) is 0 Å². The molecule has 0 aliphatic carbocycles. The fraction of sp³-hybridized carbons (Fsp3) is 0. The monoisotopic (exact) mass is 657 g/mol. The zero-order chi connectivity index (χ0) is 27.9. The fourth-order valence-corrected chi connectivity index (χ4v) is 26.7. The van der Waals surface area contributed by atoms with Crippen LogP contribution in [0.1, 0.15) is 10.4 Å². The Hall–Kier alpha value is -4.06. The first-order chi connectivity index (χ1) is 20.3. The molecule has 6 rings (SSSR count). The molecule has 0 atom stereocenters. The van der Waals surface area contributed by atoms with Crippen molar-refractivity contribution >= 4 is 58.0 Å². The minimum absolute atomic E-state index is 0.160. The van der Waals surface area contributed by atoms with E-state index >= 15 is 4.79 Å². The van der Waals surface area contributed by atoms with Crippen LogP contribution in [0.25, 0.3) is 0 Å². The van der Waals surface area contributed by atoms with E-state index in [1.165, 1.54) is 22.0 Å². The molecule has 0 heterocycles. The molecule has 0 aliphatic heterocycles. The Morgan fingerprint density at radius 1 is 0.390 bits per heavy atom. The van der Waals surface area contributed by atoms with E-state index < -0.39 is 27.0 Å². The molecule has 0 N–H and O–H groups in total. The number of ketones is 1. The van der Waals surface area contributed by atoms with Gasteiger partial charge in [0.2, 0.25) is 0 Å². The number of benzene rings is 6. The summed E-state index contributed by atoms with van der Waals surface area (Å²) in [6.45, 7) is 0. The molecule has 0 spiro atoms. The van der Waals surface area contributed by atoms with Gasteiger partial charge in [-0.05, 0) is 0 Å². The second kappa shape index (κ2) is 12.6. The van der Waals surface area contributed by atoms with Crippen LogP contribution in [0.2, 0.25) is 0 Å². The molecule has 0 saturated heterocycles. The summed E-state index contributed by atoms with van der Waals surface area (Å²) in [6, 6.07) is 63.9. The van der Waals surface area contributed by atoms with E-state index in [4.69, 9.17) is 0 Å². The van der Waals surface area contributed by atoms with E-state index in [1.54, 1.807) is 0 Å². The van der Waals surface area contributed by atoms with E-state index in [9.17, 15) is 0 Å². The van der Waals surface area contributed by atoms with Gasteiger partial charge in [0.25, 0.3) is 0 Å². The number of carbonyl (C=O) groups excluding carboxylic acids is 1. The maximum absolute atomic E-state index is 15.3. The van der Waals surface area contributed by atoms with Gasteiger partial charge < -0.3 is 0 Å². The van der Waals surface area contributed by atoms with Crippen LogP contribution in [0.15, 0.2) is 182 Å². The van der Waals surface area contributed by atoms with Gasteiger partial charge in [0.1, 0.15) is 0 Å². The van der Waals surface area contributed by atoms with Gasteiger partial charge in [-0.1, -0.05) is 0 Å². The molecule has 0 aromatic heterocycles. The van der Waals surface area contributed by atoms with Crippen molar-refractivity contribution in [3.05, 3.63) is 188 Å². The fourth-order valence-electron chi connectivity index (χ4n) is 5.32. The Morgan fingerprint density at radius 3 is 1.02 bits per heavy atom.